The number of likely N-dealkylation sites (tertiary alicyclic amines) is 3. The molecular formula is C26H34F3N7O. The van der Waals surface area contributed by atoms with Crippen LogP contribution in [0.3, 0.4) is 0 Å². The first-order chi connectivity index (χ1) is 17.6. The van der Waals surface area contributed by atoms with Gasteiger partial charge in [0.05, 0.1) is 23.1 Å². The van der Waals surface area contributed by atoms with Crippen molar-refractivity contribution in [2.45, 2.75) is 63.1 Å². The van der Waals surface area contributed by atoms with Crippen molar-refractivity contribution in [3.8, 4) is 0 Å². The van der Waals surface area contributed by atoms with E-state index < -0.39 is 11.7 Å². The number of alkyl halides is 3. The molecule has 2 aliphatic carbocycles. The average molecular weight is 518 g/mol. The van der Waals surface area contributed by atoms with Crippen molar-refractivity contribution in [3.05, 3.63) is 34.9 Å². The van der Waals surface area contributed by atoms with E-state index in [-0.39, 0.29) is 29.1 Å². The predicted octanol–water partition coefficient (Wildman–Crippen LogP) is 3.94. The molecule has 0 bridgehead atoms. The van der Waals surface area contributed by atoms with Crippen LogP contribution >= 0.6 is 0 Å². The summed E-state index contributed by atoms with van der Waals surface area (Å²) in [6.45, 7) is 4.98. The molecule has 2 spiro atoms. The summed E-state index contributed by atoms with van der Waals surface area (Å²) in [5.41, 5.74) is 2.47. The smallest absolute Gasteiger partial charge is 0.323 e. The maximum absolute atomic E-state index is 13.3. The van der Waals surface area contributed by atoms with Gasteiger partial charge in [-0.3, -0.25) is 14.7 Å². The number of halogens is 3. The predicted molar refractivity (Wildman–Crippen MR) is 129 cm³/mol. The standard InChI is InChI=1S/C26H34F3N7O/c1-33-22(19(11-30-33)26(27,28)29)12-34-6-4-24(5-7-34)13-35(14-24)23(37)36-15-25(16-36)9-18(10-25)21-8-20(31-32-21)17-2-3-17/h8,11,17-18H,2-7,9-10,12-16H2,1H3,(H,31,32). The van der Waals surface area contributed by atoms with E-state index in [2.05, 4.69) is 26.3 Å². The minimum Gasteiger partial charge on any atom is -0.323 e. The first-order valence-electron chi connectivity index (χ1n) is 13.5. The van der Waals surface area contributed by atoms with Gasteiger partial charge in [0.15, 0.2) is 0 Å². The second-order valence-corrected chi connectivity index (χ2v) is 12.5. The van der Waals surface area contributed by atoms with Gasteiger partial charge in [-0.1, -0.05) is 0 Å². The molecule has 37 heavy (non-hydrogen) atoms. The molecule has 2 aromatic rings. The Balaban J connectivity index is 0.861. The van der Waals surface area contributed by atoms with Gasteiger partial charge >= 0.3 is 12.2 Å². The monoisotopic (exact) mass is 517 g/mol. The van der Waals surface area contributed by atoms with Crippen LogP contribution in [0.2, 0.25) is 0 Å². The number of aromatic nitrogens is 4. The lowest BCUT2D eigenvalue weighted by Gasteiger charge is -2.61. The Hall–Kier alpha value is -2.56. The molecule has 0 radical (unpaired) electrons. The summed E-state index contributed by atoms with van der Waals surface area (Å²) in [5, 5.41) is 11.6. The van der Waals surface area contributed by atoms with E-state index in [9.17, 15) is 18.0 Å². The molecule has 8 nitrogen and oxygen atoms in total. The van der Waals surface area contributed by atoms with Gasteiger partial charge < -0.3 is 9.80 Å². The highest BCUT2D eigenvalue weighted by atomic mass is 19.4. The highest BCUT2D eigenvalue weighted by molar-refractivity contribution is 5.77. The fraction of sp³-hybridized carbons (Fsp3) is 0.731. The van der Waals surface area contributed by atoms with E-state index in [1.807, 2.05) is 9.80 Å². The lowest BCUT2D eigenvalue weighted by Crippen LogP contribution is -2.70. The molecule has 11 heteroatoms. The zero-order chi connectivity index (χ0) is 25.6. The number of carbonyl (C=O) groups is 1. The average Bonchev–Trinajstić information content (AvgIpc) is 3.40. The zero-order valence-corrected chi connectivity index (χ0v) is 21.2. The van der Waals surface area contributed by atoms with Gasteiger partial charge in [0.2, 0.25) is 0 Å². The van der Waals surface area contributed by atoms with Crippen LogP contribution in [-0.2, 0) is 19.8 Å². The lowest BCUT2D eigenvalue weighted by molar-refractivity contribution is -0.138. The van der Waals surface area contributed by atoms with Gasteiger partial charge in [0.25, 0.3) is 0 Å². The third-order valence-electron chi connectivity index (χ3n) is 9.71. The van der Waals surface area contributed by atoms with Gasteiger partial charge in [-0.05, 0) is 57.7 Å². The first kappa shape index (κ1) is 23.5. The minimum absolute atomic E-state index is 0.120. The Morgan fingerprint density at radius 3 is 2.32 bits per heavy atom. The van der Waals surface area contributed by atoms with Crippen LogP contribution in [-0.4, -0.2) is 80.0 Å². The molecule has 2 amide bonds. The number of hydrogen-bond acceptors (Lipinski definition) is 4. The molecular weight excluding hydrogens is 483 g/mol. The molecule has 2 saturated carbocycles. The number of aromatic amines is 1. The summed E-state index contributed by atoms with van der Waals surface area (Å²) >= 11 is 0. The van der Waals surface area contributed by atoms with Crippen LogP contribution in [0.25, 0.3) is 0 Å². The van der Waals surface area contributed by atoms with Crippen molar-refractivity contribution in [1.29, 1.82) is 0 Å². The molecule has 5 fully saturated rings. The van der Waals surface area contributed by atoms with E-state index in [0.29, 0.717) is 11.8 Å². The normalized spacial score (nSPS) is 25.3. The molecule has 0 unspecified atom stereocenters. The van der Waals surface area contributed by atoms with Crippen molar-refractivity contribution in [2.75, 3.05) is 39.3 Å². The maximum atomic E-state index is 13.3. The Morgan fingerprint density at radius 2 is 1.70 bits per heavy atom. The van der Waals surface area contributed by atoms with Crippen LogP contribution in [0.4, 0.5) is 18.0 Å². The molecule has 2 aromatic heterocycles. The molecule has 3 saturated heterocycles. The number of H-pyrrole nitrogens is 1. The van der Waals surface area contributed by atoms with Crippen molar-refractivity contribution in [1.82, 2.24) is 34.7 Å². The van der Waals surface area contributed by atoms with Crippen LogP contribution in [0.5, 0.6) is 0 Å². The summed E-state index contributed by atoms with van der Waals surface area (Å²) in [4.78, 5) is 19.1. The van der Waals surface area contributed by atoms with E-state index in [0.717, 1.165) is 71.1 Å². The molecule has 5 aliphatic rings. The van der Waals surface area contributed by atoms with Crippen LogP contribution in [0.15, 0.2) is 12.3 Å². The van der Waals surface area contributed by atoms with Gasteiger partial charge in [-0.25, -0.2) is 4.79 Å². The van der Waals surface area contributed by atoms with Gasteiger partial charge in [0, 0.05) is 68.1 Å². The fourth-order valence-electron chi connectivity index (χ4n) is 7.22. The second-order valence-electron chi connectivity index (χ2n) is 12.5. The zero-order valence-electron chi connectivity index (χ0n) is 21.2. The van der Waals surface area contributed by atoms with Crippen molar-refractivity contribution in [3.63, 3.8) is 0 Å². The number of nitrogens with zero attached hydrogens (tertiary/aromatic N) is 6. The number of amides is 2. The van der Waals surface area contributed by atoms with Crippen LogP contribution in [0.1, 0.15) is 73.0 Å². The topological polar surface area (TPSA) is 73.3 Å². The number of urea groups is 1. The Kier molecular flexibility index (Phi) is 5.07. The third-order valence-corrected chi connectivity index (χ3v) is 9.71. The van der Waals surface area contributed by atoms with Gasteiger partial charge in [-0.2, -0.15) is 23.4 Å². The van der Waals surface area contributed by atoms with Crippen molar-refractivity contribution in [2.24, 2.45) is 17.9 Å². The van der Waals surface area contributed by atoms with Crippen molar-refractivity contribution < 1.29 is 18.0 Å². The van der Waals surface area contributed by atoms with E-state index in [1.54, 1.807) is 7.05 Å². The highest BCUT2D eigenvalue weighted by Gasteiger charge is 2.57. The maximum Gasteiger partial charge on any atom is 0.419 e. The number of aryl methyl sites for hydroxylation is 1. The molecule has 5 heterocycles. The summed E-state index contributed by atoms with van der Waals surface area (Å²) in [6.07, 6.45) is 3.15. The van der Waals surface area contributed by atoms with Gasteiger partial charge in [0.1, 0.15) is 0 Å². The summed E-state index contributed by atoms with van der Waals surface area (Å²) < 4.78 is 41.2. The Morgan fingerprint density at radius 1 is 1.05 bits per heavy atom. The van der Waals surface area contributed by atoms with E-state index in [1.165, 1.54) is 28.9 Å². The molecule has 200 valence electrons. The lowest BCUT2D eigenvalue weighted by atomic mass is 9.57. The number of hydrogen-bond donors (Lipinski definition) is 1. The number of nitrogens with one attached hydrogen (secondary N) is 1. The quantitative estimate of drug-likeness (QED) is 0.667. The second kappa shape index (κ2) is 7.97. The van der Waals surface area contributed by atoms with Gasteiger partial charge in [-0.15, -0.1) is 0 Å². The van der Waals surface area contributed by atoms with E-state index >= 15 is 0 Å². The summed E-state index contributed by atoms with van der Waals surface area (Å²) in [7, 11) is 1.57. The van der Waals surface area contributed by atoms with Crippen LogP contribution < -0.4 is 0 Å². The third kappa shape index (κ3) is 4.04. The van der Waals surface area contributed by atoms with Crippen molar-refractivity contribution >= 4 is 6.03 Å². The number of rotatable bonds is 4. The largest absolute Gasteiger partial charge is 0.419 e. The summed E-state index contributed by atoms with van der Waals surface area (Å²) in [5.74, 6) is 1.22. The molecule has 7 rings (SSSR count). The first-order valence-corrected chi connectivity index (χ1v) is 13.5. The Labute approximate surface area is 214 Å². The number of carbonyl (C=O) groups excluding carboxylic acids is 1. The fourth-order valence-corrected chi connectivity index (χ4v) is 7.22. The molecule has 0 aromatic carbocycles. The molecule has 0 atom stereocenters. The SMILES string of the molecule is Cn1ncc(C(F)(F)F)c1CN1CCC2(CC1)CN(C(=O)N1CC3(CC(c4cc(C5CC5)[nH]n4)C3)C1)C2. The molecule has 3 aliphatic heterocycles. The highest BCUT2D eigenvalue weighted by Crippen LogP contribution is 2.56. The number of piperidine rings is 1. The minimum atomic E-state index is -4.39. The van der Waals surface area contributed by atoms with E-state index in [4.69, 9.17) is 0 Å². The summed E-state index contributed by atoms with van der Waals surface area (Å²) in [6, 6.07) is 2.41. The Bertz CT molecular complexity index is 1190. The van der Waals surface area contributed by atoms with Crippen LogP contribution in [0, 0.1) is 10.8 Å². The molecule has 1 N–H and O–H groups in total.